The number of hydrogen-bond donors (Lipinski definition) is 1. The number of aromatic nitrogens is 2. The Morgan fingerprint density at radius 3 is 2.67 bits per heavy atom. The van der Waals surface area contributed by atoms with Gasteiger partial charge in [-0.25, -0.2) is 9.97 Å². The third kappa shape index (κ3) is 3.82. The molecule has 1 unspecified atom stereocenters. The quantitative estimate of drug-likeness (QED) is 0.679. The summed E-state index contributed by atoms with van der Waals surface area (Å²) in [6.07, 6.45) is 4.41. The maximum atomic E-state index is 12.4. The van der Waals surface area contributed by atoms with E-state index in [2.05, 4.69) is 15.3 Å². The molecule has 0 saturated carbocycles. The van der Waals surface area contributed by atoms with Crippen LogP contribution in [-0.4, -0.2) is 28.2 Å². The van der Waals surface area contributed by atoms with Gasteiger partial charge in [0.15, 0.2) is 5.16 Å². The average molecular weight is 301 g/mol. The SMILES string of the molecule is CCC(C)NC(=O)c1cnc(SC)nc1-c1ccccc1. The van der Waals surface area contributed by atoms with Crippen molar-refractivity contribution in [3.63, 3.8) is 0 Å². The second-order valence-corrected chi connectivity index (χ2v) is 5.54. The number of nitrogens with one attached hydrogen (secondary N) is 1. The third-order valence-corrected chi connectivity index (χ3v) is 3.79. The van der Waals surface area contributed by atoms with Gasteiger partial charge in [0.1, 0.15) is 0 Å². The molecule has 1 aromatic carbocycles. The maximum Gasteiger partial charge on any atom is 0.255 e. The van der Waals surface area contributed by atoms with Crippen LogP contribution in [0, 0.1) is 0 Å². The van der Waals surface area contributed by atoms with E-state index in [9.17, 15) is 4.79 Å². The van der Waals surface area contributed by atoms with Crippen LogP contribution in [0.25, 0.3) is 11.3 Å². The number of nitrogens with zero attached hydrogens (tertiary/aromatic N) is 2. The van der Waals surface area contributed by atoms with Crippen LogP contribution in [0.2, 0.25) is 0 Å². The second kappa shape index (κ2) is 7.22. The van der Waals surface area contributed by atoms with E-state index >= 15 is 0 Å². The Bertz CT molecular complexity index is 616. The molecule has 0 aliphatic rings. The summed E-state index contributed by atoms with van der Waals surface area (Å²) in [7, 11) is 0. The first kappa shape index (κ1) is 15.5. The number of hydrogen-bond acceptors (Lipinski definition) is 4. The Morgan fingerprint density at radius 1 is 1.33 bits per heavy atom. The van der Waals surface area contributed by atoms with Crippen LogP contribution in [0.15, 0.2) is 41.7 Å². The lowest BCUT2D eigenvalue weighted by atomic mass is 10.1. The van der Waals surface area contributed by atoms with Crippen molar-refractivity contribution in [2.24, 2.45) is 0 Å². The molecule has 110 valence electrons. The highest BCUT2D eigenvalue weighted by molar-refractivity contribution is 7.98. The van der Waals surface area contributed by atoms with Crippen molar-refractivity contribution < 1.29 is 4.79 Å². The molecule has 1 atom stereocenters. The first-order chi connectivity index (χ1) is 10.2. The summed E-state index contributed by atoms with van der Waals surface area (Å²) in [4.78, 5) is 21.1. The van der Waals surface area contributed by atoms with Crippen LogP contribution >= 0.6 is 11.8 Å². The highest BCUT2D eigenvalue weighted by Crippen LogP contribution is 2.23. The summed E-state index contributed by atoms with van der Waals surface area (Å²) in [5, 5.41) is 3.63. The van der Waals surface area contributed by atoms with E-state index in [1.54, 1.807) is 6.20 Å². The molecule has 1 amide bonds. The molecule has 0 aliphatic carbocycles. The molecule has 1 aromatic heterocycles. The van der Waals surface area contributed by atoms with E-state index in [0.717, 1.165) is 12.0 Å². The number of amides is 1. The van der Waals surface area contributed by atoms with Crippen LogP contribution in [-0.2, 0) is 0 Å². The highest BCUT2D eigenvalue weighted by atomic mass is 32.2. The molecule has 0 saturated heterocycles. The zero-order valence-corrected chi connectivity index (χ0v) is 13.3. The normalized spacial score (nSPS) is 12.0. The predicted molar refractivity (Wildman–Crippen MR) is 86.5 cm³/mol. The number of carbonyl (C=O) groups is 1. The summed E-state index contributed by atoms with van der Waals surface area (Å²) >= 11 is 1.46. The minimum absolute atomic E-state index is 0.126. The predicted octanol–water partition coefficient (Wildman–Crippen LogP) is 3.39. The Balaban J connectivity index is 2.43. The Morgan fingerprint density at radius 2 is 2.05 bits per heavy atom. The summed E-state index contributed by atoms with van der Waals surface area (Å²) < 4.78 is 0. The molecule has 0 radical (unpaired) electrons. The Labute approximate surface area is 129 Å². The van der Waals surface area contributed by atoms with Crippen molar-refractivity contribution in [1.82, 2.24) is 15.3 Å². The Hall–Kier alpha value is -1.88. The van der Waals surface area contributed by atoms with Crippen LogP contribution in [0.5, 0.6) is 0 Å². The van der Waals surface area contributed by atoms with Gasteiger partial charge in [-0.05, 0) is 19.6 Å². The molecule has 1 N–H and O–H groups in total. The van der Waals surface area contributed by atoms with E-state index in [4.69, 9.17) is 0 Å². The monoisotopic (exact) mass is 301 g/mol. The molecule has 0 bridgehead atoms. The molecule has 0 spiro atoms. The Kier molecular flexibility index (Phi) is 5.33. The first-order valence-electron chi connectivity index (χ1n) is 6.93. The lowest BCUT2D eigenvalue weighted by Gasteiger charge is -2.14. The zero-order valence-electron chi connectivity index (χ0n) is 12.5. The van der Waals surface area contributed by atoms with E-state index in [0.29, 0.717) is 16.4 Å². The van der Waals surface area contributed by atoms with Crippen molar-refractivity contribution in [3.8, 4) is 11.3 Å². The van der Waals surface area contributed by atoms with Gasteiger partial charge < -0.3 is 5.32 Å². The van der Waals surface area contributed by atoms with E-state index < -0.39 is 0 Å². The largest absolute Gasteiger partial charge is 0.349 e. The molecule has 21 heavy (non-hydrogen) atoms. The summed E-state index contributed by atoms with van der Waals surface area (Å²) in [5.41, 5.74) is 2.11. The lowest BCUT2D eigenvalue weighted by Crippen LogP contribution is -2.32. The van der Waals surface area contributed by atoms with Crippen molar-refractivity contribution in [1.29, 1.82) is 0 Å². The fourth-order valence-electron chi connectivity index (χ4n) is 1.85. The van der Waals surface area contributed by atoms with Gasteiger partial charge in [0.05, 0.1) is 11.3 Å². The molecule has 1 heterocycles. The van der Waals surface area contributed by atoms with Crippen LogP contribution < -0.4 is 5.32 Å². The molecule has 0 fully saturated rings. The van der Waals surface area contributed by atoms with E-state index in [-0.39, 0.29) is 11.9 Å². The van der Waals surface area contributed by atoms with Gasteiger partial charge in [0.25, 0.3) is 5.91 Å². The van der Waals surface area contributed by atoms with Crippen molar-refractivity contribution in [3.05, 3.63) is 42.1 Å². The molecule has 2 aromatic rings. The highest BCUT2D eigenvalue weighted by Gasteiger charge is 2.17. The van der Waals surface area contributed by atoms with Gasteiger partial charge in [0, 0.05) is 17.8 Å². The van der Waals surface area contributed by atoms with Crippen molar-refractivity contribution in [2.75, 3.05) is 6.26 Å². The zero-order chi connectivity index (χ0) is 15.2. The van der Waals surface area contributed by atoms with Crippen LogP contribution in [0.1, 0.15) is 30.6 Å². The van der Waals surface area contributed by atoms with Gasteiger partial charge in [-0.15, -0.1) is 0 Å². The molecule has 5 heteroatoms. The van der Waals surface area contributed by atoms with Gasteiger partial charge in [0.2, 0.25) is 0 Å². The van der Waals surface area contributed by atoms with Crippen molar-refractivity contribution in [2.45, 2.75) is 31.5 Å². The van der Waals surface area contributed by atoms with Crippen molar-refractivity contribution >= 4 is 17.7 Å². The lowest BCUT2D eigenvalue weighted by molar-refractivity contribution is 0.0939. The number of benzene rings is 1. The molecular formula is C16H19N3OS. The molecular weight excluding hydrogens is 282 g/mol. The fraction of sp³-hybridized carbons (Fsp3) is 0.312. The molecule has 2 rings (SSSR count). The standard InChI is InChI=1S/C16H19N3OS/c1-4-11(2)18-15(20)13-10-17-16(21-3)19-14(13)12-8-6-5-7-9-12/h5-11H,4H2,1-3H3,(H,18,20). The first-order valence-corrected chi connectivity index (χ1v) is 8.15. The van der Waals surface area contributed by atoms with Gasteiger partial charge >= 0.3 is 0 Å². The summed E-state index contributed by atoms with van der Waals surface area (Å²) in [6.45, 7) is 4.02. The van der Waals surface area contributed by atoms with Crippen LogP contribution in [0.3, 0.4) is 0 Å². The second-order valence-electron chi connectivity index (χ2n) is 4.77. The van der Waals surface area contributed by atoms with Crippen LogP contribution in [0.4, 0.5) is 0 Å². The summed E-state index contributed by atoms with van der Waals surface area (Å²) in [5.74, 6) is -0.129. The fourth-order valence-corrected chi connectivity index (χ4v) is 2.19. The summed E-state index contributed by atoms with van der Waals surface area (Å²) in [6, 6.07) is 9.85. The van der Waals surface area contributed by atoms with E-state index in [1.807, 2.05) is 50.4 Å². The topological polar surface area (TPSA) is 54.9 Å². The minimum atomic E-state index is -0.129. The minimum Gasteiger partial charge on any atom is -0.349 e. The number of thioether (sulfide) groups is 1. The van der Waals surface area contributed by atoms with Gasteiger partial charge in [-0.1, -0.05) is 49.0 Å². The van der Waals surface area contributed by atoms with Gasteiger partial charge in [-0.2, -0.15) is 0 Å². The smallest absolute Gasteiger partial charge is 0.255 e. The molecule has 4 nitrogen and oxygen atoms in total. The molecule has 0 aliphatic heterocycles. The maximum absolute atomic E-state index is 12.4. The average Bonchev–Trinajstić information content (AvgIpc) is 2.54. The van der Waals surface area contributed by atoms with Gasteiger partial charge in [-0.3, -0.25) is 4.79 Å². The number of rotatable bonds is 5. The third-order valence-electron chi connectivity index (χ3n) is 3.23. The van der Waals surface area contributed by atoms with E-state index in [1.165, 1.54) is 11.8 Å². The number of carbonyl (C=O) groups excluding carboxylic acids is 1.